The van der Waals surface area contributed by atoms with Gasteiger partial charge >= 0.3 is 0 Å². The number of methoxy groups -OCH3 is 2. The lowest BCUT2D eigenvalue weighted by atomic mass is 10.1. The maximum Gasteiger partial charge on any atom is 0.251 e. The largest absolute Gasteiger partial charge is 0.497 e. The van der Waals surface area contributed by atoms with Crippen molar-refractivity contribution in [2.75, 3.05) is 26.1 Å². The first kappa shape index (κ1) is 22.6. The molecule has 0 radical (unpaired) electrons. The number of amides is 1. The molecule has 3 rings (SSSR count). The molecular weight excluding hydrogens is 412 g/mol. The molecule has 0 aliphatic heterocycles. The monoisotopic (exact) mass is 440 g/mol. The van der Waals surface area contributed by atoms with Crippen LogP contribution >= 0.6 is 11.5 Å². The van der Waals surface area contributed by atoms with Crippen molar-refractivity contribution in [1.82, 2.24) is 14.7 Å². The summed E-state index contributed by atoms with van der Waals surface area (Å²) in [5, 5.41) is 7.20. The van der Waals surface area contributed by atoms with Gasteiger partial charge in [-0.05, 0) is 54.8 Å². The van der Waals surface area contributed by atoms with Gasteiger partial charge in [-0.2, -0.15) is 4.37 Å². The van der Waals surface area contributed by atoms with Crippen molar-refractivity contribution in [3.8, 4) is 11.5 Å². The van der Waals surface area contributed by atoms with E-state index in [4.69, 9.17) is 9.47 Å². The van der Waals surface area contributed by atoms with E-state index in [0.29, 0.717) is 18.5 Å². The Bertz CT molecular complexity index is 975. The van der Waals surface area contributed by atoms with Gasteiger partial charge in [0.25, 0.3) is 5.91 Å². The number of hydrogen-bond acceptors (Lipinski definition) is 7. The number of ether oxygens (including phenoxy) is 2. The fourth-order valence-corrected chi connectivity index (χ4v) is 3.72. The molecule has 1 atom stereocenters. The molecule has 0 aliphatic rings. The molecule has 0 bridgehead atoms. The Labute approximate surface area is 187 Å². The minimum atomic E-state index is -0.0778. The number of carbonyl (C=O) groups is 1. The van der Waals surface area contributed by atoms with E-state index in [-0.39, 0.29) is 11.9 Å². The Kier molecular flexibility index (Phi) is 8.23. The molecule has 0 aliphatic carbocycles. The topological polar surface area (TPSA) is 85.4 Å². The number of rotatable bonds is 11. The first-order chi connectivity index (χ1) is 15.1. The minimum Gasteiger partial charge on any atom is -0.497 e. The van der Waals surface area contributed by atoms with Crippen LogP contribution in [0.15, 0.2) is 48.5 Å². The summed E-state index contributed by atoms with van der Waals surface area (Å²) in [6, 6.07) is 15.1. The van der Waals surface area contributed by atoms with Gasteiger partial charge in [0.15, 0.2) is 0 Å². The Balaban J connectivity index is 1.46. The number of nitrogens with zero attached hydrogens (tertiary/aromatic N) is 2. The highest BCUT2D eigenvalue weighted by atomic mass is 32.1. The molecule has 2 N–H and O–H groups in total. The van der Waals surface area contributed by atoms with Gasteiger partial charge in [-0.1, -0.05) is 19.1 Å². The molecule has 0 saturated heterocycles. The standard InChI is InChI=1S/C23H28N4O3S/c1-4-18(25-22(28)17-8-10-19(29-2)11-9-17)12-13-24-23-26-21(27-31-23)15-16-6-5-7-20(14-16)30-3/h5-11,14,18H,4,12-13,15H2,1-3H3,(H,25,28)(H,24,26,27). The Morgan fingerprint density at radius 2 is 1.87 bits per heavy atom. The highest BCUT2D eigenvalue weighted by Gasteiger charge is 2.13. The number of hydrogen-bond donors (Lipinski definition) is 2. The predicted octanol–water partition coefficient (Wildman–Crippen LogP) is 4.16. The smallest absolute Gasteiger partial charge is 0.251 e. The van der Waals surface area contributed by atoms with Crippen molar-refractivity contribution in [2.24, 2.45) is 0 Å². The van der Waals surface area contributed by atoms with Crippen molar-refractivity contribution < 1.29 is 14.3 Å². The SMILES string of the molecule is CCC(CCNc1nc(Cc2cccc(OC)c2)ns1)NC(=O)c1ccc(OC)cc1. The van der Waals surface area contributed by atoms with Crippen LogP contribution in [0.5, 0.6) is 11.5 Å². The van der Waals surface area contributed by atoms with Crippen LogP contribution < -0.4 is 20.1 Å². The average Bonchev–Trinajstić information content (AvgIpc) is 3.25. The van der Waals surface area contributed by atoms with Gasteiger partial charge in [-0.15, -0.1) is 0 Å². The minimum absolute atomic E-state index is 0.0753. The van der Waals surface area contributed by atoms with E-state index < -0.39 is 0 Å². The first-order valence-electron chi connectivity index (χ1n) is 10.3. The summed E-state index contributed by atoms with van der Waals surface area (Å²) in [6.45, 7) is 2.77. The number of carbonyl (C=O) groups excluding carboxylic acids is 1. The lowest BCUT2D eigenvalue weighted by Crippen LogP contribution is -2.35. The highest BCUT2D eigenvalue weighted by Crippen LogP contribution is 2.18. The molecule has 2 aromatic carbocycles. The van der Waals surface area contributed by atoms with Crippen molar-refractivity contribution in [3.05, 3.63) is 65.5 Å². The van der Waals surface area contributed by atoms with Crippen LogP contribution in [0.25, 0.3) is 0 Å². The lowest BCUT2D eigenvalue weighted by molar-refractivity contribution is 0.0934. The number of anilines is 1. The van der Waals surface area contributed by atoms with Gasteiger partial charge < -0.3 is 20.1 Å². The molecule has 8 heteroatoms. The van der Waals surface area contributed by atoms with E-state index in [1.807, 2.05) is 24.3 Å². The molecule has 31 heavy (non-hydrogen) atoms. The van der Waals surface area contributed by atoms with Gasteiger partial charge in [0.1, 0.15) is 17.3 Å². The molecule has 1 amide bonds. The molecule has 0 spiro atoms. The predicted molar refractivity (Wildman–Crippen MR) is 123 cm³/mol. The summed E-state index contributed by atoms with van der Waals surface area (Å²) in [6.07, 6.45) is 2.30. The molecule has 7 nitrogen and oxygen atoms in total. The maximum atomic E-state index is 12.5. The van der Waals surface area contributed by atoms with Gasteiger partial charge in [0.2, 0.25) is 5.13 Å². The van der Waals surface area contributed by atoms with Crippen LogP contribution in [-0.2, 0) is 6.42 Å². The van der Waals surface area contributed by atoms with Crippen molar-refractivity contribution in [1.29, 1.82) is 0 Å². The molecule has 1 unspecified atom stereocenters. The van der Waals surface area contributed by atoms with Gasteiger partial charge in [-0.3, -0.25) is 4.79 Å². The average molecular weight is 441 g/mol. The Morgan fingerprint density at radius 1 is 1.10 bits per heavy atom. The number of benzene rings is 2. The quantitative estimate of drug-likeness (QED) is 0.466. The van der Waals surface area contributed by atoms with Crippen molar-refractivity contribution in [2.45, 2.75) is 32.2 Å². The van der Waals surface area contributed by atoms with Crippen LogP contribution in [0.1, 0.15) is 41.5 Å². The highest BCUT2D eigenvalue weighted by molar-refractivity contribution is 7.09. The van der Waals surface area contributed by atoms with E-state index >= 15 is 0 Å². The van der Waals surface area contributed by atoms with Crippen molar-refractivity contribution in [3.63, 3.8) is 0 Å². The van der Waals surface area contributed by atoms with E-state index in [1.54, 1.807) is 38.5 Å². The van der Waals surface area contributed by atoms with E-state index in [2.05, 4.69) is 26.9 Å². The third-order valence-electron chi connectivity index (χ3n) is 4.91. The Morgan fingerprint density at radius 3 is 2.58 bits per heavy atom. The van der Waals surface area contributed by atoms with Crippen LogP contribution in [0.3, 0.4) is 0 Å². The third kappa shape index (κ3) is 6.68. The second kappa shape index (κ2) is 11.3. The van der Waals surface area contributed by atoms with Crippen molar-refractivity contribution >= 4 is 22.6 Å². The van der Waals surface area contributed by atoms with E-state index in [1.165, 1.54) is 11.5 Å². The molecule has 0 fully saturated rings. The molecule has 1 aromatic heterocycles. The van der Waals surface area contributed by atoms with E-state index in [9.17, 15) is 4.79 Å². The van der Waals surface area contributed by atoms with Gasteiger partial charge in [-0.25, -0.2) is 4.98 Å². The summed E-state index contributed by atoms with van der Waals surface area (Å²) in [7, 11) is 3.26. The summed E-state index contributed by atoms with van der Waals surface area (Å²) < 4.78 is 14.8. The van der Waals surface area contributed by atoms with Crippen LogP contribution in [0.4, 0.5) is 5.13 Å². The summed E-state index contributed by atoms with van der Waals surface area (Å²) in [5.74, 6) is 2.26. The molecular formula is C23H28N4O3S. The Hall–Kier alpha value is -3.13. The second-order valence-electron chi connectivity index (χ2n) is 7.07. The first-order valence-corrected chi connectivity index (χ1v) is 11.0. The number of nitrogens with one attached hydrogen (secondary N) is 2. The molecule has 3 aromatic rings. The molecule has 0 saturated carbocycles. The van der Waals surface area contributed by atoms with Crippen LogP contribution in [0, 0.1) is 0 Å². The zero-order valence-electron chi connectivity index (χ0n) is 18.1. The summed E-state index contributed by atoms with van der Waals surface area (Å²) in [5.41, 5.74) is 1.73. The second-order valence-corrected chi connectivity index (χ2v) is 7.82. The third-order valence-corrected chi connectivity index (χ3v) is 5.62. The maximum absolute atomic E-state index is 12.5. The van der Waals surface area contributed by atoms with Crippen LogP contribution in [0.2, 0.25) is 0 Å². The summed E-state index contributed by atoms with van der Waals surface area (Å²) >= 11 is 1.35. The zero-order valence-corrected chi connectivity index (χ0v) is 18.9. The fourth-order valence-electron chi connectivity index (χ4n) is 3.11. The normalized spacial score (nSPS) is 11.6. The molecule has 164 valence electrons. The van der Waals surface area contributed by atoms with Gasteiger partial charge in [0, 0.05) is 36.1 Å². The molecule has 1 heterocycles. The van der Waals surface area contributed by atoms with Crippen LogP contribution in [-0.4, -0.2) is 42.1 Å². The number of aromatic nitrogens is 2. The van der Waals surface area contributed by atoms with E-state index in [0.717, 1.165) is 40.9 Å². The summed E-state index contributed by atoms with van der Waals surface area (Å²) in [4.78, 5) is 17.0. The van der Waals surface area contributed by atoms with Gasteiger partial charge in [0.05, 0.1) is 14.2 Å². The lowest BCUT2D eigenvalue weighted by Gasteiger charge is -2.17. The fraction of sp³-hybridized carbons (Fsp3) is 0.348. The zero-order chi connectivity index (χ0) is 22.1.